The minimum atomic E-state index is -0.328. The summed E-state index contributed by atoms with van der Waals surface area (Å²) in [5.41, 5.74) is 3.57. The maximum Gasteiger partial charge on any atom is 0.336 e. The summed E-state index contributed by atoms with van der Waals surface area (Å²) in [6.07, 6.45) is 0.966. The highest BCUT2D eigenvalue weighted by molar-refractivity contribution is 9.10. The van der Waals surface area contributed by atoms with E-state index in [9.17, 15) is 4.79 Å². The molecule has 22 heavy (non-hydrogen) atoms. The van der Waals surface area contributed by atoms with E-state index in [1.165, 1.54) is 5.56 Å². The van der Waals surface area contributed by atoms with E-state index in [1.807, 2.05) is 30.3 Å². The molecule has 0 aliphatic carbocycles. The van der Waals surface area contributed by atoms with Gasteiger partial charge in [0.2, 0.25) is 0 Å². The largest absolute Gasteiger partial charge is 0.423 e. The van der Waals surface area contributed by atoms with Crippen LogP contribution >= 0.6 is 15.9 Å². The van der Waals surface area contributed by atoms with E-state index in [4.69, 9.17) is 4.42 Å². The second-order valence-electron chi connectivity index (χ2n) is 5.10. The van der Waals surface area contributed by atoms with E-state index in [-0.39, 0.29) is 5.63 Å². The molecule has 112 valence electrons. The fraction of sp³-hybridized carbons (Fsp3) is 0.167. The van der Waals surface area contributed by atoms with Crippen molar-refractivity contribution < 1.29 is 4.42 Å². The Hall–Kier alpha value is -2.07. The summed E-state index contributed by atoms with van der Waals surface area (Å²) in [6, 6.07) is 15.5. The Bertz CT molecular complexity index is 870. The fourth-order valence-electron chi connectivity index (χ4n) is 2.54. The first-order chi connectivity index (χ1) is 10.7. The molecule has 0 saturated heterocycles. The van der Waals surface area contributed by atoms with Crippen LogP contribution in [0.3, 0.4) is 0 Å². The van der Waals surface area contributed by atoms with Gasteiger partial charge in [-0.25, -0.2) is 4.79 Å². The van der Waals surface area contributed by atoms with Crippen LogP contribution < -0.4 is 10.9 Å². The molecule has 3 rings (SSSR count). The predicted octanol–water partition coefficient (Wildman–Crippen LogP) is 4.73. The van der Waals surface area contributed by atoms with Gasteiger partial charge >= 0.3 is 5.63 Å². The van der Waals surface area contributed by atoms with Crippen molar-refractivity contribution in [3.8, 4) is 0 Å². The van der Waals surface area contributed by atoms with Gasteiger partial charge in [-0.05, 0) is 41.8 Å². The van der Waals surface area contributed by atoms with Crippen LogP contribution in [0.4, 0.5) is 5.69 Å². The van der Waals surface area contributed by atoms with Crippen LogP contribution in [0.15, 0.2) is 62.2 Å². The van der Waals surface area contributed by atoms with Gasteiger partial charge in [0.25, 0.3) is 0 Å². The standard InChI is InChI=1S/C18H16BrNO2/c1-2-12-5-3-4-6-16(12)20-11-13-9-18(21)22-17-10-14(19)7-8-15(13)17/h3-10,20H,2,11H2,1H3. The normalized spacial score (nSPS) is 10.8. The van der Waals surface area contributed by atoms with Gasteiger partial charge in [-0.15, -0.1) is 0 Å². The molecule has 0 saturated carbocycles. The van der Waals surface area contributed by atoms with Gasteiger partial charge in [-0.3, -0.25) is 0 Å². The Balaban J connectivity index is 1.95. The monoisotopic (exact) mass is 357 g/mol. The molecular weight excluding hydrogens is 342 g/mol. The molecule has 0 spiro atoms. The molecule has 4 heteroatoms. The Morgan fingerprint density at radius 3 is 2.73 bits per heavy atom. The maximum atomic E-state index is 11.7. The topological polar surface area (TPSA) is 42.2 Å². The van der Waals surface area contributed by atoms with Crippen LogP contribution in [0.25, 0.3) is 11.0 Å². The number of anilines is 1. The van der Waals surface area contributed by atoms with Crippen LogP contribution in [0.5, 0.6) is 0 Å². The highest BCUT2D eigenvalue weighted by Gasteiger charge is 2.07. The number of benzene rings is 2. The molecule has 1 N–H and O–H groups in total. The number of para-hydroxylation sites is 1. The van der Waals surface area contributed by atoms with Gasteiger partial charge in [-0.2, -0.15) is 0 Å². The smallest absolute Gasteiger partial charge is 0.336 e. The van der Waals surface area contributed by atoms with Crippen molar-refractivity contribution in [3.63, 3.8) is 0 Å². The Morgan fingerprint density at radius 1 is 1.09 bits per heavy atom. The van der Waals surface area contributed by atoms with E-state index in [0.717, 1.165) is 27.5 Å². The zero-order chi connectivity index (χ0) is 15.5. The van der Waals surface area contributed by atoms with Crippen molar-refractivity contribution in [3.05, 3.63) is 74.6 Å². The Kier molecular flexibility index (Phi) is 4.29. The average molecular weight is 358 g/mol. The van der Waals surface area contributed by atoms with Crippen molar-refractivity contribution in [2.75, 3.05) is 5.32 Å². The molecule has 0 unspecified atom stereocenters. The molecule has 2 aromatic carbocycles. The quantitative estimate of drug-likeness (QED) is 0.686. The summed E-state index contributed by atoms with van der Waals surface area (Å²) in [5, 5.41) is 4.37. The summed E-state index contributed by atoms with van der Waals surface area (Å²) in [6.45, 7) is 2.71. The first-order valence-electron chi connectivity index (χ1n) is 7.21. The second kappa shape index (κ2) is 6.36. The van der Waals surface area contributed by atoms with Gasteiger partial charge in [0.05, 0.1) is 0 Å². The van der Waals surface area contributed by atoms with E-state index in [2.05, 4.69) is 40.3 Å². The molecule has 0 radical (unpaired) electrons. The number of rotatable bonds is 4. The minimum absolute atomic E-state index is 0.328. The van der Waals surface area contributed by atoms with Crippen LogP contribution in [-0.4, -0.2) is 0 Å². The van der Waals surface area contributed by atoms with Gasteiger partial charge < -0.3 is 9.73 Å². The number of aryl methyl sites for hydroxylation is 1. The van der Waals surface area contributed by atoms with Crippen molar-refractivity contribution in [1.82, 2.24) is 0 Å². The number of hydrogen-bond acceptors (Lipinski definition) is 3. The van der Waals surface area contributed by atoms with Crippen molar-refractivity contribution in [1.29, 1.82) is 0 Å². The third-order valence-electron chi connectivity index (χ3n) is 3.66. The molecule has 0 aliphatic heterocycles. The molecule has 0 bridgehead atoms. The lowest BCUT2D eigenvalue weighted by atomic mass is 10.1. The lowest BCUT2D eigenvalue weighted by molar-refractivity contribution is 0.559. The van der Waals surface area contributed by atoms with Gasteiger partial charge in [-0.1, -0.05) is 41.1 Å². The van der Waals surface area contributed by atoms with Crippen molar-refractivity contribution >= 4 is 32.6 Å². The zero-order valence-electron chi connectivity index (χ0n) is 12.2. The van der Waals surface area contributed by atoms with Gasteiger partial charge in [0.1, 0.15) is 5.58 Å². The van der Waals surface area contributed by atoms with E-state index in [0.29, 0.717) is 12.1 Å². The van der Waals surface area contributed by atoms with Crippen molar-refractivity contribution in [2.45, 2.75) is 19.9 Å². The third kappa shape index (κ3) is 3.07. The summed E-state index contributed by atoms with van der Waals surface area (Å²) >= 11 is 3.40. The molecule has 3 aromatic rings. The Morgan fingerprint density at radius 2 is 1.91 bits per heavy atom. The highest BCUT2D eigenvalue weighted by Crippen LogP contribution is 2.23. The fourth-order valence-corrected chi connectivity index (χ4v) is 2.88. The highest BCUT2D eigenvalue weighted by atomic mass is 79.9. The average Bonchev–Trinajstić information content (AvgIpc) is 2.52. The van der Waals surface area contributed by atoms with E-state index < -0.39 is 0 Å². The molecule has 1 heterocycles. The molecule has 0 fully saturated rings. The number of nitrogens with one attached hydrogen (secondary N) is 1. The molecule has 0 atom stereocenters. The van der Waals surface area contributed by atoms with Crippen LogP contribution in [0.1, 0.15) is 18.1 Å². The Labute approximate surface area is 137 Å². The van der Waals surface area contributed by atoms with Crippen LogP contribution in [0, 0.1) is 0 Å². The SMILES string of the molecule is CCc1ccccc1NCc1cc(=O)oc2cc(Br)ccc12. The van der Waals surface area contributed by atoms with E-state index in [1.54, 1.807) is 6.07 Å². The van der Waals surface area contributed by atoms with Gasteiger partial charge in [0.15, 0.2) is 0 Å². The molecular formula is C18H16BrNO2. The first kappa shape index (κ1) is 14.9. The predicted molar refractivity (Wildman–Crippen MR) is 93.3 cm³/mol. The molecule has 3 nitrogen and oxygen atoms in total. The van der Waals surface area contributed by atoms with E-state index >= 15 is 0 Å². The number of halogens is 1. The second-order valence-corrected chi connectivity index (χ2v) is 6.01. The lowest BCUT2D eigenvalue weighted by Crippen LogP contribution is -2.07. The summed E-state index contributed by atoms with van der Waals surface area (Å²) in [4.78, 5) is 11.7. The summed E-state index contributed by atoms with van der Waals surface area (Å²) in [7, 11) is 0. The zero-order valence-corrected chi connectivity index (χ0v) is 13.8. The van der Waals surface area contributed by atoms with Crippen LogP contribution in [-0.2, 0) is 13.0 Å². The minimum Gasteiger partial charge on any atom is -0.423 e. The lowest BCUT2D eigenvalue weighted by Gasteiger charge is -2.12. The molecule has 0 amide bonds. The number of hydrogen-bond donors (Lipinski definition) is 1. The number of fused-ring (bicyclic) bond motifs is 1. The third-order valence-corrected chi connectivity index (χ3v) is 4.15. The van der Waals surface area contributed by atoms with Crippen LogP contribution in [0.2, 0.25) is 0 Å². The van der Waals surface area contributed by atoms with Gasteiger partial charge in [0, 0.05) is 28.2 Å². The first-order valence-corrected chi connectivity index (χ1v) is 8.00. The summed E-state index contributed by atoms with van der Waals surface area (Å²) in [5.74, 6) is 0. The molecule has 1 aromatic heterocycles. The maximum absolute atomic E-state index is 11.7. The summed E-state index contributed by atoms with van der Waals surface area (Å²) < 4.78 is 6.16. The molecule has 0 aliphatic rings. The van der Waals surface area contributed by atoms with Crippen molar-refractivity contribution in [2.24, 2.45) is 0 Å².